The van der Waals surface area contributed by atoms with Crippen molar-refractivity contribution in [2.24, 2.45) is 11.8 Å². The monoisotopic (exact) mass is 255 g/mol. The molecule has 1 saturated heterocycles. The van der Waals surface area contributed by atoms with Crippen LogP contribution in [0, 0.1) is 33.6 Å². The Morgan fingerprint density at radius 1 is 1.33 bits per heavy atom. The van der Waals surface area contributed by atoms with Gasteiger partial charge in [-0.2, -0.15) is 4.39 Å². The van der Waals surface area contributed by atoms with E-state index in [1.165, 1.54) is 0 Å². The molecule has 2 fully saturated rings. The molecule has 1 aliphatic carbocycles. The van der Waals surface area contributed by atoms with Crippen LogP contribution in [0.2, 0.25) is 0 Å². The van der Waals surface area contributed by atoms with Crippen LogP contribution < -0.4 is 10.6 Å². The van der Waals surface area contributed by atoms with E-state index < -0.39 is 22.2 Å². The van der Waals surface area contributed by atoms with Crippen LogP contribution in [0.3, 0.4) is 0 Å². The van der Waals surface area contributed by atoms with Crippen LogP contribution in [0.25, 0.3) is 0 Å². The molecule has 1 aromatic rings. The molecule has 1 aliphatic heterocycles. The average Bonchev–Trinajstić information content (AvgIpc) is 2.72. The second-order valence-corrected chi connectivity index (χ2v) is 4.70. The number of anilines is 1. The van der Waals surface area contributed by atoms with Gasteiger partial charge in [-0.25, -0.2) is 4.39 Å². The summed E-state index contributed by atoms with van der Waals surface area (Å²) in [4.78, 5) is 9.97. The van der Waals surface area contributed by atoms with Crippen molar-refractivity contribution in [1.29, 1.82) is 0 Å². The fraction of sp³-hybridized carbons (Fsp3) is 0.455. The average molecular weight is 255 g/mol. The van der Waals surface area contributed by atoms with Gasteiger partial charge in [0.15, 0.2) is 0 Å². The minimum absolute atomic E-state index is 0.0723. The second-order valence-electron chi connectivity index (χ2n) is 4.70. The molecule has 1 saturated carbocycles. The molecule has 18 heavy (non-hydrogen) atoms. The van der Waals surface area contributed by atoms with Crippen LogP contribution in [0.15, 0.2) is 12.1 Å². The largest absolute Gasteiger partial charge is 0.376 e. The SMILES string of the molecule is O=[N+]([O-])c1c(F)cc(F)cc1NC1C2CNCC21. The van der Waals surface area contributed by atoms with E-state index in [2.05, 4.69) is 10.6 Å². The summed E-state index contributed by atoms with van der Waals surface area (Å²) in [5.41, 5.74) is -0.758. The third-order valence-corrected chi connectivity index (χ3v) is 3.62. The highest BCUT2D eigenvalue weighted by Gasteiger charge is 2.53. The lowest BCUT2D eigenvalue weighted by Crippen LogP contribution is -2.22. The predicted octanol–water partition coefficient (Wildman–Crippen LogP) is 1.50. The van der Waals surface area contributed by atoms with Crippen LogP contribution in [-0.4, -0.2) is 24.1 Å². The lowest BCUT2D eigenvalue weighted by Gasteiger charge is -2.10. The summed E-state index contributed by atoms with van der Waals surface area (Å²) in [6.07, 6.45) is 0. The fourth-order valence-corrected chi connectivity index (χ4v) is 2.67. The third-order valence-electron chi connectivity index (χ3n) is 3.62. The van der Waals surface area contributed by atoms with Crippen LogP contribution in [0.1, 0.15) is 0 Å². The predicted molar refractivity (Wildman–Crippen MR) is 60.3 cm³/mol. The fourth-order valence-electron chi connectivity index (χ4n) is 2.67. The van der Waals surface area contributed by atoms with Gasteiger partial charge in [0.1, 0.15) is 11.5 Å². The molecule has 2 N–H and O–H groups in total. The molecule has 1 aromatic carbocycles. The summed E-state index contributed by atoms with van der Waals surface area (Å²) in [6, 6.07) is 1.58. The zero-order chi connectivity index (χ0) is 12.9. The Labute approximate surface area is 101 Å². The summed E-state index contributed by atoms with van der Waals surface area (Å²) in [5.74, 6) is -1.16. The molecule has 0 amide bonds. The first-order valence-corrected chi connectivity index (χ1v) is 5.68. The minimum atomic E-state index is -1.15. The van der Waals surface area contributed by atoms with Gasteiger partial charge in [-0.05, 0) is 11.8 Å². The van der Waals surface area contributed by atoms with Crippen molar-refractivity contribution in [3.05, 3.63) is 33.9 Å². The number of rotatable bonds is 3. The highest BCUT2D eigenvalue weighted by Crippen LogP contribution is 2.45. The number of nitrogens with one attached hydrogen (secondary N) is 2. The number of fused-ring (bicyclic) bond motifs is 1. The Morgan fingerprint density at radius 3 is 2.61 bits per heavy atom. The molecule has 2 atom stereocenters. The zero-order valence-corrected chi connectivity index (χ0v) is 9.32. The maximum atomic E-state index is 13.4. The van der Waals surface area contributed by atoms with E-state index in [1.54, 1.807) is 0 Å². The molecule has 96 valence electrons. The number of nitro groups is 1. The normalized spacial score (nSPS) is 28.9. The van der Waals surface area contributed by atoms with E-state index in [0.29, 0.717) is 17.9 Å². The Kier molecular flexibility index (Phi) is 2.44. The topological polar surface area (TPSA) is 67.2 Å². The van der Waals surface area contributed by atoms with Crippen molar-refractivity contribution in [3.63, 3.8) is 0 Å². The molecule has 7 heteroatoms. The molecule has 5 nitrogen and oxygen atoms in total. The van der Waals surface area contributed by atoms with Crippen LogP contribution in [0.5, 0.6) is 0 Å². The maximum absolute atomic E-state index is 13.4. The van der Waals surface area contributed by atoms with Gasteiger partial charge in [0.2, 0.25) is 5.82 Å². The summed E-state index contributed by atoms with van der Waals surface area (Å²) in [6.45, 7) is 1.68. The number of nitrogens with zero attached hydrogens (tertiary/aromatic N) is 1. The van der Waals surface area contributed by atoms with Gasteiger partial charge in [0.25, 0.3) is 0 Å². The van der Waals surface area contributed by atoms with E-state index in [-0.39, 0.29) is 11.7 Å². The first-order valence-electron chi connectivity index (χ1n) is 5.68. The van der Waals surface area contributed by atoms with Crippen molar-refractivity contribution in [3.8, 4) is 0 Å². The molecular weight excluding hydrogens is 244 g/mol. The number of hydrogen-bond donors (Lipinski definition) is 2. The van der Waals surface area contributed by atoms with Gasteiger partial charge >= 0.3 is 5.69 Å². The number of benzene rings is 1. The summed E-state index contributed by atoms with van der Waals surface area (Å²) >= 11 is 0. The van der Waals surface area contributed by atoms with E-state index in [1.807, 2.05) is 0 Å². The standard InChI is InChI=1S/C11H11F2N3O2/c12-5-1-8(13)11(16(17)18)9(2-5)15-10-6-3-14-4-7(6)10/h1-2,6-7,10,14-15H,3-4H2. The van der Waals surface area contributed by atoms with Gasteiger partial charge in [0, 0.05) is 31.3 Å². The first-order chi connectivity index (χ1) is 8.58. The second kappa shape index (κ2) is 3.88. The zero-order valence-electron chi connectivity index (χ0n) is 9.32. The van der Waals surface area contributed by atoms with Crippen LogP contribution in [0.4, 0.5) is 20.2 Å². The first kappa shape index (κ1) is 11.3. The Morgan fingerprint density at radius 2 is 2.00 bits per heavy atom. The quantitative estimate of drug-likeness (QED) is 0.634. The number of hydrogen-bond acceptors (Lipinski definition) is 4. The minimum Gasteiger partial charge on any atom is -0.376 e. The summed E-state index contributed by atoms with van der Waals surface area (Å²) in [7, 11) is 0. The van der Waals surface area contributed by atoms with Crippen molar-refractivity contribution in [2.45, 2.75) is 6.04 Å². The van der Waals surface area contributed by atoms with Crippen LogP contribution in [-0.2, 0) is 0 Å². The van der Waals surface area contributed by atoms with E-state index in [4.69, 9.17) is 0 Å². The molecule has 1 heterocycles. The Bertz CT molecular complexity index is 513. The maximum Gasteiger partial charge on any atom is 0.327 e. The molecule has 0 bridgehead atoms. The van der Waals surface area contributed by atoms with Gasteiger partial charge in [-0.1, -0.05) is 0 Å². The lowest BCUT2D eigenvalue weighted by molar-refractivity contribution is -0.386. The highest BCUT2D eigenvalue weighted by molar-refractivity contribution is 5.63. The van der Waals surface area contributed by atoms with E-state index in [9.17, 15) is 18.9 Å². The highest BCUT2D eigenvalue weighted by atomic mass is 19.1. The lowest BCUT2D eigenvalue weighted by atomic mass is 10.2. The molecule has 2 aliphatic rings. The summed E-state index contributed by atoms with van der Waals surface area (Å²) < 4.78 is 26.5. The van der Waals surface area contributed by atoms with E-state index in [0.717, 1.165) is 19.2 Å². The Hall–Kier alpha value is -1.76. The van der Waals surface area contributed by atoms with Gasteiger partial charge in [-0.3, -0.25) is 10.1 Å². The van der Waals surface area contributed by atoms with Crippen molar-refractivity contribution < 1.29 is 13.7 Å². The van der Waals surface area contributed by atoms with Gasteiger partial charge in [-0.15, -0.1) is 0 Å². The molecule has 0 aromatic heterocycles. The van der Waals surface area contributed by atoms with E-state index >= 15 is 0 Å². The third kappa shape index (κ3) is 1.71. The molecule has 3 rings (SSSR count). The van der Waals surface area contributed by atoms with Crippen molar-refractivity contribution >= 4 is 11.4 Å². The smallest absolute Gasteiger partial charge is 0.327 e. The van der Waals surface area contributed by atoms with Crippen molar-refractivity contribution in [2.75, 3.05) is 18.4 Å². The number of piperidine rings is 1. The van der Waals surface area contributed by atoms with Gasteiger partial charge in [0.05, 0.1) is 4.92 Å². The van der Waals surface area contributed by atoms with Gasteiger partial charge < -0.3 is 10.6 Å². The van der Waals surface area contributed by atoms with Crippen LogP contribution >= 0.6 is 0 Å². The molecule has 0 spiro atoms. The molecular formula is C11H11F2N3O2. The molecule has 0 radical (unpaired) electrons. The number of nitro benzene ring substituents is 1. The molecule has 2 unspecified atom stereocenters. The van der Waals surface area contributed by atoms with Crippen molar-refractivity contribution in [1.82, 2.24) is 5.32 Å². The Balaban J connectivity index is 1.88. The summed E-state index contributed by atoms with van der Waals surface area (Å²) in [5, 5.41) is 16.9. The number of halogens is 2.